The summed E-state index contributed by atoms with van der Waals surface area (Å²) in [4.78, 5) is 17.2. The monoisotopic (exact) mass is 656 g/mol. The van der Waals surface area contributed by atoms with Crippen LogP contribution in [-0.4, -0.2) is 15.0 Å². The maximum Gasteiger partial charge on any atom is 0.164 e. The molecule has 0 fully saturated rings. The van der Waals surface area contributed by atoms with E-state index in [1.807, 2.05) is 103 Å². The van der Waals surface area contributed by atoms with Gasteiger partial charge in [0.05, 0.1) is 11.1 Å². The lowest BCUT2D eigenvalue weighted by molar-refractivity contribution is 0.669. The van der Waals surface area contributed by atoms with E-state index in [2.05, 4.69) is 71.6 Å². The summed E-state index contributed by atoms with van der Waals surface area (Å²) in [6.45, 7) is 0. The topological polar surface area (TPSA) is 68.2 Å². The lowest BCUT2D eigenvalue weighted by Crippen LogP contribution is -2.10. The van der Waals surface area contributed by atoms with Gasteiger partial charge in [0.2, 0.25) is 0 Å². The van der Waals surface area contributed by atoms with Crippen LogP contribution in [0.25, 0.3) is 78.0 Å². The highest BCUT2D eigenvalue weighted by atomic mass is 16.3. The number of hydrogen-bond donors (Lipinski definition) is 0. The second-order valence-electron chi connectivity index (χ2n) is 12.4. The van der Waals surface area contributed by atoms with E-state index in [1.54, 1.807) is 0 Å². The normalized spacial score (nSPS) is 11.5. The van der Waals surface area contributed by atoms with Gasteiger partial charge in [-0.25, -0.2) is 15.0 Å². The minimum absolute atomic E-state index is 0.588. The molecule has 10 aromatic rings. The third-order valence-electron chi connectivity index (χ3n) is 9.32. The van der Waals surface area contributed by atoms with Crippen LogP contribution in [0.1, 0.15) is 0 Å². The third-order valence-corrected chi connectivity index (χ3v) is 9.32. The minimum Gasteiger partial charge on any atom is -0.456 e. The number of para-hydroxylation sites is 2. The fourth-order valence-electron chi connectivity index (χ4n) is 7.02. The molecule has 51 heavy (non-hydrogen) atoms. The molecule has 0 atom stereocenters. The SMILES string of the molecule is c1ccc(-c2nc(-c3ccccc3)nc(-c3cccc4oc5cc(N(c6ccccc6)c6cccc7oc8ccccc8c67)ccc5c34)n2)cc1. The van der Waals surface area contributed by atoms with Crippen LogP contribution in [0.3, 0.4) is 0 Å². The van der Waals surface area contributed by atoms with E-state index in [-0.39, 0.29) is 0 Å². The quantitative estimate of drug-likeness (QED) is 0.177. The molecule has 0 aliphatic rings. The molecule has 0 saturated heterocycles. The molecule has 240 valence electrons. The summed E-state index contributed by atoms with van der Waals surface area (Å²) in [5, 5.41) is 4.06. The molecule has 6 nitrogen and oxygen atoms in total. The van der Waals surface area contributed by atoms with Crippen molar-refractivity contribution in [3.8, 4) is 34.2 Å². The van der Waals surface area contributed by atoms with Crippen LogP contribution in [0.15, 0.2) is 179 Å². The van der Waals surface area contributed by atoms with Crippen molar-refractivity contribution in [1.82, 2.24) is 15.0 Å². The van der Waals surface area contributed by atoms with Crippen LogP contribution in [0.2, 0.25) is 0 Å². The van der Waals surface area contributed by atoms with Gasteiger partial charge in [-0.1, -0.05) is 115 Å². The van der Waals surface area contributed by atoms with Crippen molar-refractivity contribution in [3.63, 3.8) is 0 Å². The molecule has 0 spiro atoms. The van der Waals surface area contributed by atoms with Crippen molar-refractivity contribution in [2.45, 2.75) is 0 Å². The van der Waals surface area contributed by atoms with Crippen molar-refractivity contribution in [2.24, 2.45) is 0 Å². The number of hydrogen-bond acceptors (Lipinski definition) is 6. The van der Waals surface area contributed by atoms with E-state index in [4.69, 9.17) is 23.8 Å². The van der Waals surface area contributed by atoms with Crippen LogP contribution in [0.5, 0.6) is 0 Å². The molecule has 0 unspecified atom stereocenters. The highest BCUT2D eigenvalue weighted by Gasteiger charge is 2.22. The summed E-state index contributed by atoms with van der Waals surface area (Å²) in [5.41, 5.74) is 8.96. The van der Waals surface area contributed by atoms with Gasteiger partial charge in [-0.2, -0.15) is 0 Å². The standard InChI is InChI=1S/C45H28N4O2/c1-4-14-29(15-5-1)43-46-44(30-16-6-2-7-17-30)48-45(47-43)35-21-12-24-38-41(35)34-27-26-32(28-40(34)51-38)49(31-18-8-3-9-19-31)36-22-13-25-39-42(36)33-20-10-11-23-37(33)50-39/h1-28H. The van der Waals surface area contributed by atoms with Crippen molar-refractivity contribution in [1.29, 1.82) is 0 Å². The molecular weight excluding hydrogens is 629 g/mol. The maximum atomic E-state index is 6.63. The molecule has 7 aromatic carbocycles. The lowest BCUT2D eigenvalue weighted by Gasteiger charge is -2.26. The first kappa shape index (κ1) is 28.9. The van der Waals surface area contributed by atoms with Crippen LogP contribution in [0, 0.1) is 0 Å². The Morgan fingerprint density at radius 3 is 1.65 bits per heavy atom. The zero-order valence-corrected chi connectivity index (χ0v) is 27.3. The number of benzene rings is 7. The van der Waals surface area contributed by atoms with Crippen LogP contribution in [-0.2, 0) is 0 Å². The Bertz CT molecular complexity index is 2810. The maximum absolute atomic E-state index is 6.63. The van der Waals surface area contributed by atoms with E-state index >= 15 is 0 Å². The first-order valence-corrected chi connectivity index (χ1v) is 16.9. The zero-order valence-electron chi connectivity index (χ0n) is 27.3. The predicted octanol–water partition coefficient (Wildman–Crippen LogP) is 12.1. The summed E-state index contributed by atoms with van der Waals surface area (Å²) >= 11 is 0. The van der Waals surface area contributed by atoms with Crippen LogP contribution < -0.4 is 4.90 Å². The molecule has 0 bridgehead atoms. The molecule has 0 aliphatic heterocycles. The second-order valence-corrected chi connectivity index (χ2v) is 12.4. The Hall–Kier alpha value is -7.05. The zero-order chi connectivity index (χ0) is 33.7. The van der Waals surface area contributed by atoms with Gasteiger partial charge >= 0.3 is 0 Å². The Morgan fingerprint density at radius 1 is 0.373 bits per heavy atom. The van der Waals surface area contributed by atoms with E-state index in [1.165, 1.54) is 0 Å². The first-order chi connectivity index (χ1) is 25.3. The number of furan rings is 2. The van der Waals surface area contributed by atoms with Gasteiger partial charge in [-0.3, -0.25) is 0 Å². The Labute approximate surface area is 292 Å². The average molecular weight is 657 g/mol. The van der Waals surface area contributed by atoms with Gasteiger partial charge in [0, 0.05) is 50.3 Å². The first-order valence-electron chi connectivity index (χ1n) is 16.9. The van der Waals surface area contributed by atoms with Crippen molar-refractivity contribution in [3.05, 3.63) is 170 Å². The van der Waals surface area contributed by atoms with Crippen LogP contribution in [0.4, 0.5) is 17.1 Å². The smallest absolute Gasteiger partial charge is 0.164 e. The molecular formula is C45H28N4O2. The summed E-state index contributed by atoms with van der Waals surface area (Å²) < 4.78 is 12.9. The molecule has 0 amide bonds. The number of rotatable bonds is 6. The van der Waals surface area contributed by atoms with Gasteiger partial charge in [-0.15, -0.1) is 0 Å². The highest BCUT2D eigenvalue weighted by molar-refractivity contribution is 6.15. The van der Waals surface area contributed by atoms with Crippen molar-refractivity contribution >= 4 is 60.9 Å². The fourth-order valence-corrected chi connectivity index (χ4v) is 7.02. The Morgan fingerprint density at radius 2 is 0.922 bits per heavy atom. The van der Waals surface area contributed by atoms with Crippen LogP contribution >= 0.6 is 0 Å². The molecule has 3 aromatic heterocycles. The largest absolute Gasteiger partial charge is 0.456 e. The van der Waals surface area contributed by atoms with Gasteiger partial charge in [-0.05, 0) is 48.5 Å². The van der Waals surface area contributed by atoms with Gasteiger partial charge in [0.25, 0.3) is 0 Å². The second kappa shape index (κ2) is 11.8. The summed E-state index contributed by atoms with van der Waals surface area (Å²) in [6.07, 6.45) is 0. The highest BCUT2D eigenvalue weighted by Crippen LogP contribution is 2.45. The predicted molar refractivity (Wildman–Crippen MR) is 205 cm³/mol. The molecule has 6 heteroatoms. The number of aromatic nitrogens is 3. The number of nitrogens with zero attached hydrogens (tertiary/aromatic N) is 4. The molecule has 0 radical (unpaired) electrons. The molecule has 0 saturated carbocycles. The van der Waals surface area contributed by atoms with E-state index in [9.17, 15) is 0 Å². The third kappa shape index (κ3) is 4.92. The number of anilines is 3. The fraction of sp³-hybridized carbons (Fsp3) is 0. The lowest BCUT2D eigenvalue weighted by atomic mass is 10.0. The Balaban J connectivity index is 1.17. The van der Waals surface area contributed by atoms with Gasteiger partial charge < -0.3 is 13.7 Å². The molecule has 10 rings (SSSR count). The average Bonchev–Trinajstić information content (AvgIpc) is 3.78. The van der Waals surface area contributed by atoms with Gasteiger partial charge in [0.15, 0.2) is 17.5 Å². The molecule has 3 heterocycles. The van der Waals surface area contributed by atoms with Crippen molar-refractivity contribution in [2.75, 3.05) is 4.90 Å². The minimum atomic E-state index is 0.588. The van der Waals surface area contributed by atoms with E-state index in [0.717, 1.165) is 77.6 Å². The Kier molecular flexibility index (Phi) is 6.70. The van der Waals surface area contributed by atoms with Gasteiger partial charge in [0.1, 0.15) is 22.3 Å². The number of fused-ring (bicyclic) bond motifs is 6. The summed E-state index contributed by atoms with van der Waals surface area (Å²) in [5.74, 6) is 1.82. The summed E-state index contributed by atoms with van der Waals surface area (Å²) in [7, 11) is 0. The summed E-state index contributed by atoms with van der Waals surface area (Å²) in [6, 6.07) is 57.3. The van der Waals surface area contributed by atoms with Crippen molar-refractivity contribution < 1.29 is 8.83 Å². The van der Waals surface area contributed by atoms with E-state index in [0.29, 0.717) is 17.5 Å². The molecule has 0 aliphatic carbocycles. The van der Waals surface area contributed by atoms with E-state index < -0.39 is 0 Å². The molecule has 0 N–H and O–H groups in total.